The second-order valence-corrected chi connectivity index (χ2v) is 7.97. The summed E-state index contributed by atoms with van der Waals surface area (Å²) in [4.78, 5) is 11.7. The number of hydrogen-bond acceptors (Lipinski definition) is 6. The van der Waals surface area contributed by atoms with E-state index in [9.17, 15) is 20.1 Å². The van der Waals surface area contributed by atoms with E-state index in [-0.39, 0.29) is 6.61 Å². The molecule has 0 spiro atoms. The zero-order valence-corrected chi connectivity index (χ0v) is 17.7. The van der Waals surface area contributed by atoms with Crippen molar-refractivity contribution in [3.05, 3.63) is 72.3 Å². The number of nitrogens with one attached hydrogen (secondary N) is 1. The predicted octanol–water partition coefficient (Wildman–Crippen LogP) is 1.97. The molecular formula is C25H27NO6. The maximum Gasteiger partial charge on any atom is 0.217 e. The third kappa shape index (κ3) is 4.67. The van der Waals surface area contributed by atoms with Crippen LogP contribution in [-0.4, -0.2) is 58.5 Å². The summed E-state index contributed by atoms with van der Waals surface area (Å²) < 4.78 is 11.7. The van der Waals surface area contributed by atoms with Crippen molar-refractivity contribution in [1.29, 1.82) is 0 Å². The fraction of sp³-hybridized carbons (Fsp3) is 0.320. The zero-order valence-electron chi connectivity index (χ0n) is 17.7. The van der Waals surface area contributed by atoms with Crippen LogP contribution in [-0.2, 0) is 20.9 Å². The van der Waals surface area contributed by atoms with E-state index in [0.717, 1.165) is 27.5 Å². The second kappa shape index (κ2) is 9.77. The Kier molecular flexibility index (Phi) is 6.83. The average Bonchev–Trinajstić information content (AvgIpc) is 2.81. The second-order valence-electron chi connectivity index (χ2n) is 7.97. The Labute approximate surface area is 186 Å². The Morgan fingerprint density at radius 1 is 1.00 bits per heavy atom. The highest BCUT2D eigenvalue weighted by Crippen LogP contribution is 2.31. The van der Waals surface area contributed by atoms with Gasteiger partial charge in [0.05, 0.1) is 13.2 Å². The fourth-order valence-electron chi connectivity index (χ4n) is 4.08. The molecule has 7 nitrogen and oxygen atoms in total. The highest BCUT2D eigenvalue weighted by atomic mass is 16.7. The summed E-state index contributed by atoms with van der Waals surface area (Å²) in [6.07, 6.45) is -4.77. The molecule has 1 fully saturated rings. The Bertz CT molecular complexity index is 1070. The first-order valence-electron chi connectivity index (χ1n) is 10.6. The van der Waals surface area contributed by atoms with Crippen LogP contribution in [0.4, 0.5) is 0 Å². The molecule has 32 heavy (non-hydrogen) atoms. The van der Waals surface area contributed by atoms with E-state index in [1.165, 1.54) is 6.92 Å². The number of amides is 1. The van der Waals surface area contributed by atoms with Gasteiger partial charge in [-0.15, -0.1) is 0 Å². The lowest BCUT2D eigenvalue weighted by Gasteiger charge is -2.42. The summed E-state index contributed by atoms with van der Waals surface area (Å²) in [5, 5.41) is 34.9. The molecule has 0 saturated carbocycles. The molecule has 0 bridgehead atoms. The molecule has 3 aromatic rings. The highest BCUT2D eigenvalue weighted by molar-refractivity contribution is 5.89. The third-order valence-corrected chi connectivity index (χ3v) is 5.71. The molecule has 168 valence electrons. The molecule has 0 unspecified atom stereocenters. The Morgan fingerprint density at radius 3 is 2.31 bits per heavy atom. The van der Waals surface area contributed by atoms with Gasteiger partial charge in [0.2, 0.25) is 5.91 Å². The van der Waals surface area contributed by atoms with Crippen LogP contribution in [0.25, 0.3) is 21.9 Å². The van der Waals surface area contributed by atoms with Crippen LogP contribution in [0.2, 0.25) is 0 Å². The van der Waals surface area contributed by atoms with Crippen LogP contribution >= 0.6 is 0 Å². The van der Waals surface area contributed by atoms with Crippen molar-refractivity contribution in [2.24, 2.45) is 0 Å². The van der Waals surface area contributed by atoms with Gasteiger partial charge < -0.3 is 30.1 Å². The quantitative estimate of drug-likeness (QED) is 0.470. The minimum Gasteiger partial charge on any atom is -0.394 e. The van der Waals surface area contributed by atoms with Crippen molar-refractivity contribution in [3.8, 4) is 11.1 Å². The van der Waals surface area contributed by atoms with Crippen molar-refractivity contribution in [2.75, 3.05) is 6.61 Å². The number of carbonyl (C=O) groups excluding carboxylic acids is 1. The van der Waals surface area contributed by atoms with Crippen LogP contribution in [0, 0.1) is 0 Å². The van der Waals surface area contributed by atoms with Crippen LogP contribution < -0.4 is 5.32 Å². The van der Waals surface area contributed by atoms with Crippen molar-refractivity contribution in [2.45, 2.75) is 44.2 Å². The molecular weight excluding hydrogens is 410 g/mol. The molecule has 1 heterocycles. The molecule has 0 radical (unpaired) electrons. The molecule has 7 heteroatoms. The standard InChI is InChI=1S/C25H27NO6/c1-15(28)26-22-24(30)23(29)21(13-27)32-25(22)31-14-19-11-17-9-5-6-10-18(17)12-20(19)16-7-3-2-4-8-16/h2-12,21-25,27,29-30H,13-14H2,1H3,(H,26,28)/t21-,22-,23-,24-,25-/m1/s1. The van der Waals surface area contributed by atoms with Crippen molar-refractivity contribution < 1.29 is 29.6 Å². The number of aliphatic hydroxyl groups is 3. The summed E-state index contributed by atoms with van der Waals surface area (Å²) in [6.45, 7) is 0.956. The van der Waals surface area contributed by atoms with Crippen molar-refractivity contribution >= 4 is 16.7 Å². The topological polar surface area (TPSA) is 108 Å². The van der Waals surface area contributed by atoms with Gasteiger partial charge in [0.15, 0.2) is 6.29 Å². The lowest BCUT2D eigenvalue weighted by molar-refractivity contribution is -0.273. The van der Waals surface area contributed by atoms with Gasteiger partial charge in [-0.25, -0.2) is 0 Å². The fourth-order valence-corrected chi connectivity index (χ4v) is 4.08. The minimum atomic E-state index is -1.35. The average molecular weight is 437 g/mol. The molecule has 4 N–H and O–H groups in total. The van der Waals surface area contributed by atoms with E-state index >= 15 is 0 Å². The number of rotatable bonds is 6. The predicted molar refractivity (Wildman–Crippen MR) is 120 cm³/mol. The summed E-state index contributed by atoms with van der Waals surface area (Å²) >= 11 is 0. The Morgan fingerprint density at radius 2 is 1.66 bits per heavy atom. The van der Waals surface area contributed by atoms with Crippen LogP contribution in [0.15, 0.2) is 66.7 Å². The normalized spacial score (nSPS) is 25.6. The van der Waals surface area contributed by atoms with Gasteiger partial charge in [0, 0.05) is 6.92 Å². The SMILES string of the molecule is CC(=O)N[C@H]1[C@H](OCc2cc3ccccc3cc2-c2ccccc2)O[C@H](CO)[C@@H](O)[C@@H]1O. The van der Waals surface area contributed by atoms with Crippen LogP contribution in [0.3, 0.4) is 0 Å². The first kappa shape index (κ1) is 22.4. The van der Waals surface area contributed by atoms with Crippen LogP contribution in [0.1, 0.15) is 12.5 Å². The minimum absolute atomic E-state index is 0.136. The molecule has 4 rings (SSSR count). The number of fused-ring (bicyclic) bond motifs is 1. The summed E-state index contributed by atoms with van der Waals surface area (Å²) in [5.41, 5.74) is 2.93. The van der Waals surface area contributed by atoms with Crippen molar-refractivity contribution in [1.82, 2.24) is 5.32 Å². The molecule has 3 aromatic carbocycles. The van der Waals surface area contributed by atoms with Crippen molar-refractivity contribution in [3.63, 3.8) is 0 Å². The Hall–Kier alpha value is -2.81. The molecule has 0 aromatic heterocycles. The lowest BCUT2D eigenvalue weighted by Crippen LogP contribution is -2.64. The molecule has 1 aliphatic rings. The molecule has 5 atom stereocenters. The van der Waals surface area contributed by atoms with E-state index in [2.05, 4.69) is 11.4 Å². The van der Waals surface area contributed by atoms with Gasteiger partial charge in [-0.1, -0.05) is 54.6 Å². The summed E-state index contributed by atoms with van der Waals surface area (Å²) in [6, 6.07) is 21.1. The highest BCUT2D eigenvalue weighted by Gasteiger charge is 2.45. The maximum atomic E-state index is 11.7. The summed E-state index contributed by atoms with van der Waals surface area (Å²) in [7, 11) is 0. The molecule has 0 aliphatic carbocycles. The van der Waals surface area contributed by atoms with E-state index in [1.807, 2.05) is 60.7 Å². The maximum absolute atomic E-state index is 11.7. The molecule has 1 saturated heterocycles. The monoisotopic (exact) mass is 437 g/mol. The first-order chi connectivity index (χ1) is 15.5. The first-order valence-corrected chi connectivity index (χ1v) is 10.6. The smallest absolute Gasteiger partial charge is 0.217 e. The molecule has 1 amide bonds. The third-order valence-electron chi connectivity index (χ3n) is 5.71. The number of carbonyl (C=O) groups is 1. The number of ether oxygens (including phenoxy) is 2. The number of aliphatic hydroxyl groups excluding tert-OH is 3. The lowest BCUT2D eigenvalue weighted by atomic mass is 9.95. The van der Waals surface area contributed by atoms with Gasteiger partial charge in [0.1, 0.15) is 24.4 Å². The van der Waals surface area contributed by atoms with Gasteiger partial charge in [-0.3, -0.25) is 4.79 Å². The number of hydrogen-bond donors (Lipinski definition) is 4. The van der Waals surface area contributed by atoms with E-state index in [1.54, 1.807) is 0 Å². The molecule has 1 aliphatic heterocycles. The van der Waals surface area contributed by atoms with E-state index in [4.69, 9.17) is 9.47 Å². The largest absolute Gasteiger partial charge is 0.394 e. The zero-order chi connectivity index (χ0) is 22.7. The van der Waals surface area contributed by atoms with E-state index < -0.39 is 43.2 Å². The van der Waals surface area contributed by atoms with Gasteiger partial charge in [-0.2, -0.15) is 0 Å². The van der Waals surface area contributed by atoms with Gasteiger partial charge in [0.25, 0.3) is 0 Å². The number of benzene rings is 3. The Balaban J connectivity index is 1.65. The summed E-state index contributed by atoms with van der Waals surface area (Å²) in [5.74, 6) is -0.392. The van der Waals surface area contributed by atoms with E-state index in [0.29, 0.717) is 0 Å². The van der Waals surface area contributed by atoms with Crippen LogP contribution in [0.5, 0.6) is 0 Å². The van der Waals surface area contributed by atoms with Gasteiger partial charge >= 0.3 is 0 Å². The van der Waals surface area contributed by atoms with Gasteiger partial charge in [-0.05, 0) is 39.6 Å².